The fourth-order valence-electron chi connectivity index (χ4n) is 2.62. The molecule has 0 aromatic heterocycles. The van der Waals surface area contributed by atoms with Crippen molar-refractivity contribution in [2.45, 2.75) is 39.5 Å². The lowest BCUT2D eigenvalue weighted by atomic mass is 10.0. The Morgan fingerprint density at radius 3 is 2.46 bits per heavy atom. The van der Waals surface area contributed by atoms with Crippen LogP contribution < -0.4 is 5.32 Å². The summed E-state index contributed by atoms with van der Waals surface area (Å²) in [6, 6.07) is 7.43. The van der Waals surface area contributed by atoms with Gasteiger partial charge in [-0.1, -0.05) is 37.6 Å². The van der Waals surface area contributed by atoms with Gasteiger partial charge in [0.25, 0.3) is 0 Å². The first-order chi connectivity index (χ1) is 11.5. The van der Waals surface area contributed by atoms with E-state index in [1.165, 1.54) is 6.07 Å². The number of halogens is 3. The molecule has 2 rings (SSSR count). The number of nitrogens with one attached hydrogen (secondary N) is 1. The summed E-state index contributed by atoms with van der Waals surface area (Å²) in [5, 5.41) is 3.56. The van der Waals surface area contributed by atoms with Crippen molar-refractivity contribution in [3.63, 3.8) is 0 Å². The second-order valence-electron chi connectivity index (χ2n) is 5.56. The molecule has 0 aliphatic carbocycles. The van der Waals surface area contributed by atoms with Crippen molar-refractivity contribution >= 4 is 23.2 Å². The Morgan fingerprint density at radius 2 is 1.83 bits per heavy atom. The van der Waals surface area contributed by atoms with Gasteiger partial charge in [0.05, 0.1) is 0 Å². The smallest absolute Gasteiger partial charge is 0.224 e. The van der Waals surface area contributed by atoms with E-state index in [-0.39, 0.29) is 12.3 Å². The third-order valence-electron chi connectivity index (χ3n) is 3.97. The standard InChI is InChI=1S/C19H20ClF2NO/c1-3-13-7-8-15(20)14(4-2)19(13)23-18(24)10-6-12-5-9-16(21)17(22)11-12/h5,7-9,11H,3-4,6,10H2,1-2H3,(H,23,24). The Hall–Kier alpha value is -1.94. The third-order valence-corrected chi connectivity index (χ3v) is 4.32. The van der Waals surface area contributed by atoms with Gasteiger partial charge < -0.3 is 5.32 Å². The molecule has 2 aromatic rings. The number of anilines is 1. The van der Waals surface area contributed by atoms with Gasteiger partial charge in [0.1, 0.15) is 0 Å². The molecule has 0 aliphatic heterocycles. The van der Waals surface area contributed by atoms with E-state index in [1.807, 2.05) is 26.0 Å². The first kappa shape index (κ1) is 18.4. The molecule has 0 saturated heterocycles. The van der Waals surface area contributed by atoms with Crippen molar-refractivity contribution in [2.75, 3.05) is 5.32 Å². The van der Waals surface area contributed by atoms with Crippen molar-refractivity contribution < 1.29 is 13.6 Å². The van der Waals surface area contributed by atoms with Crippen LogP contribution in [0.5, 0.6) is 0 Å². The van der Waals surface area contributed by atoms with Gasteiger partial charge >= 0.3 is 0 Å². The summed E-state index contributed by atoms with van der Waals surface area (Å²) in [6.07, 6.45) is 2.02. The molecule has 0 spiro atoms. The van der Waals surface area contributed by atoms with Crippen molar-refractivity contribution in [2.24, 2.45) is 0 Å². The van der Waals surface area contributed by atoms with Gasteiger partial charge in [0, 0.05) is 17.1 Å². The van der Waals surface area contributed by atoms with Crippen LogP contribution in [0.15, 0.2) is 30.3 Å². The van der Waals surface area contributed by atoms with E-state index in [0.717, 1.165) is 35.4 Å². The molecular formula is C19H20ClF2NO. The lowest BCUT2D eigenvalue weighted by Gasteiger charge is -2.16. The number of amides is 1. The van der Waals surface area contributed by atoms with Gasteiger partial charge in [-0.3, -0.25) is 4.79 Å². The monoisotopic (exact) mass is 351 g/mol. The SMILES string of the molecule is CCc1ccc(Cl)c(CC)c1NC(=O)CCc1ccc(F)c(F)c1. The van der Waals surface area contributed by atoms with Crippen LogP contribution in [0.3, 0.4) is 0 Å². The third kappa shape index (κ3) is 4.32. The maximum absolute atomic E-state index is 13.2. The van der Waals surface area contributed by atoms with Gasteiger partial charge in [-0.25, -0.2) is 8.78 Å². The number of benzene rings is 2. The first-order valence-corrected chi connectivity index (χ1v) is 8.38. The second-order valence-corrected chi connectivity index (χ2v) is 5.97. The minimum atomic E-state index is -0.899. The zero-order valence-corrected chi connectivity index (χ0v) is 14.5. The predicted octanol–water partition coefficient (Wildman–Crippen LogP) is 5.31. The largest absolute Gasteiger partial charge is 0.326 e. The number of hydrogen-bond donors (Lipinski definition) is 1. The summed E-state index contributed by atoms with van der Waals surface area (Å²) < 4.78 is 26.1. The summed E-state index contributed by atoms with van der Waals surface area (Å²) in [5.74, 6) is -1.96. The van der Waals surface area contributed by atoms with Crippen molar-refractivity contribution in [1.82, 2.24) is 0 Å². The number of hydrogen-bond acceptors (Lipinski definition) is 1. The molecule has 1 N–H and O–H groups in total. The Kier molecular flexibility index (Phi) is 6.32. The number of carbonyl (C=O) groups is 1. The fourth-order valence-corrected chi connectivity index (χ4v) is 2.91. The van der Waals surface area contributed by atoms with E-state index in [2.05, 4.69) is 5.32 Å². The number of aryl methyl sites for hydroxylation is 2. The molecule has 128 valence electrons. The molecule has 2 aromatic carbocycles. The van der Waals surface area contributed by atoms with E-state index in [0.29, 0.717) is 23.4 Å². The van der Waals surface area contributed by atoms with Crippen molar-refractivity contribution in [1.29, 1.82) is 0 Å². The highest BCUT2D eigenvalue weighted by Crippen LogP contribution is 2.29. The van der Waals surface area contributed by atoms with E-state index in [1.54, 1.807) is 0 Å². The maximum Gasteiger partial charge on any atom is 0.224 e. The molecule has 0 heterocycles. The fraction of sp³-hybridized carbons (Fsp3) is 0.316. The summed E-state index contributed by atoms with van der Waals surface area (Å²) in [4.78, 5) is 12.3. The average Bonchev–Trinajstić information content (AvgIpc) is 2.56. The molecule has 0 aliphatic rings. The lowest BCUT2D eigenvalue weighted by Crippen LogP contribution is -2.15. The molecule has 5 heteroatoms. The van der Waals surface area contributed by atoms with Crippen LogP contribution in [0.4, 0.5) is 14.5 Å². The molecule has 24 heavy (non-hydrogen) atoms. The van der Waals surface area contributed by atoms with Crippen LogP contribution >= 0.6 is 11.6 Å². The van der Waals surface area contributed by atoms with Gasteiger partial charge in [0.2, 0.25) is 5.91 Å². The molecule has 0 radical (unpaired) electrons. The van der Waals surface area contributed by atoms with Crippen LogP contribution in [-0.2, 0) is 24.1 Å². The van der Waals surface area contributed by atoms with E-state index in [9.17, 15) is 13.6 Å². The van der Waals surface area contributed by atoms with Crippen LogP contribution in [-0.4, -0.2) is 5.91 Å². The average molecular weight is 352 g/mol. The number of carbonyl (C=O) groups excluding carboxylic acids is 1. The maximum atomic E-state index is 13.2. The quantitative estimate of drug-likeness (QED) is 0.750. The first-order valence-electron chi connectivity index (χ1n) is 8.00. The minimum absolute atomic E-state index is 0.175. The summed E-state index contributed by atoms with van der Waals surface area (Å²) >= 11 is 6.22. The van der Waals surface area contributed by atoms with Crippen LogP contribution in [0, 0.1) is 11.6 Å². The van der Waals surface area contributed by atoms with Crippen molar-refractivity contribution in [3.05, 3.63) is 63.7 Å². The Labute approximate surface area is 145 Å². The zero-order valence-electron chi connectivity index (χ0n) is 13.8. The molecule has 1 amide bonds. The lowest BCUT2D eigenvalue weighted by molar-refractivity contribution is -0.116. The highest BCUT2D eigenvalue weighted by atomic mass is 35.5. The second kappa shape index (κ2) is 8.25. The van der Waals surface area contributed by atoms with Crippen LogP contribution in [0.25, 0.3) is 0 Å². The normalized spacial score (nSPS) is 10.7. The van der Waals surface area contributed by atoms with Gasteiger partial charge in [-0.05, 0) is 54.2 Å². The van der Waals surface area contributed by atoms with E-state index < -0.39 is 11.6 Å². The summed E-state index contributed by atoms with van der Waals surface area (Å²) in [6.45, 7) is 4.00. The molecule has 0 saturated carbocycles. The molecule has 0 atom stereocenters. The zero-order chi connectivity index (χ0) is 17.7. The van der Waals surface area contributed by atoms with Gasteiger partial charge in [-0.2, -0.15) is 0 Å². The Morgan fingerprint density at radius 1 is 1.08 bits per heavy atom. The van der Waals surface area contributed by atoms with Crippen LogP contribution in [0.1, 0.15) is 37.0 Å². The topological polar surface area (TPSA) is 29.1 Å². The highest BCUT2D eigenvalue weighted by molar-refractivity contribution is 6.32. The van der Waals surface area contributed by atoms with Crippen LogP contribution in [0.2, 0.25) is 5.02 Å². The molecule has 0 bridgehead atoms. The van der Waals surface area contributed by atoms with E-state index in [4.69, 9.17) is 11.6 Å². The molecule has 0 fully saturated rings. The minimum Gasteiger partial charge on any atom is -0.326 e. The predicted molar refractivity (Wildman–Crippen MR) is 93.5 cm³/mol. The van der Waals surface area contributed by atoms with Crippen molar-refractivity contribution in [3.8, 4) is 0 Å². The highest BCUT2D eigenvalue weighted by Gasteiger charge is 2.13. The van der Waals surface area contributed by atoms with Gasteiger partial charge in [0.15, 0.2) is 11.6 Å². The summed E-state index contributed by atoms with van der Waals surface area (Å²) in [7, 11) is 0. The number of rotatable bonds is 6. The molecule has 2 nitrogen and oxygen atoms in total. The Bertz CT molecular complexity index is 746. The van der Waals surface area contributed by atoms with Gasteiger partial charge in [-0.15, -0.1) is 0 Å². The molecule has 0 unspecified atom stereocenters. The molecular weight excluding hydrogens is 332 g/mol. The van der Waals surface area contributed by atoms with E-state index >= 15 is 0 Å². The Balaban J connectivity index is 2.09. The summed E-state index contributed by atoms with van der Waals surface area (Å²) in [5.41, 5.74) is 3.29.